The third-order valence-electron chi connectivity index (χ3n) is 6.38. The van der Waals surface area contributed by atoms with Crippen LogP contribution >= 0.6 is 0 Å². The van der Waals surface area contributed by atoms with Crippen molar-refractivity contribution in [2.24, 2.45) is 0 Å². The molecule has 2 aromatic rings. The summed E-state index contributed by atoms with van der Waals surface area (Å²) in [4.78, 5) is 22.7. The Kier molecular flexibility index (Phi) is 27.9. The molecule has 2 aromatic carbocycles. The lowest BCUT2D eigenvalue weighted by Crippen LogP contribution is -2.28. The minimum Gasteiger partial charge on any atom is -0.491 e. The molecule has 51 heavy (non-hydrogen) atoms. The number of alkyl carbamates (subject to hydrolysis) is 1. The van der Waals surface area contributed by atoms with E-state index in [0.717, 1.165) is 11.3 Å². The van der Waals surface area contributed by atoms with E-state index in [-0.39, 0.29) is 12.5 Å². The van der Waals surface area contributed by atoms with Gasteiger partial charge < -0.3 is 62.7 Å². The van der Waals surface area contributed by atoms with Crippen molar-refractivity contribution in [1.29, 1.82) is 0 Å². The summed E-state index contributed by atoms with van der Waals surface area (Å²) in [6.45, 7) is 10.9. The van der Waals surface area contributed by atoms with Crippen LogP contribution in [0.1, 0.15) is 12.5 Å². The number of nitrogens with one attached hydrogen (secondary N) is 2. The highest BCUT2D eigenvalue weighted by atomic mass is 16.6. The zero-order valence-electron chi connectivity index (χ0n) is 29.9. The van der Waals surface area contributed by atoms with Crippen molar-refractivity contribution in [3.63, 3.8) is 0 Å². The summed E-state index contributed by atoms with van der Waals surface area (Å²) in [6.07, 6.45) is -0.473. The normalized spacial score (nSPS) is 11.0. The van der Waals surface area contributed by atoms with Gasteiger partial charge in [-0.1, -0.05) is 30.3 Å². The van der Waals surface area contributed by atoms with Crippen molar-refractivity contribution in [3.05, 3.63) is 60.2 Å². The zero-order valence-corrected chi connectivity index (χ0v) is 29.9. The summed E-state index contributed by atoms with van der Waals surface area (Å²) in [5.41, 5.74) is 1.66. The van der Waals surface area contributed by atoms with Crippen LogP contribution in [-0.4, -0.2) is 144 Å². The molecular weight excluding hydrogens is 668 g/mol. The number of carbonyl (C=O) groups is 2. The predicted molar refractivity (Wildman–Crippen MR) is 188 cm³/mol. The van der Waals surface area contributed by atoms with Gasteiger partial charge in [0.25, 0.3) is 0 Å². The van der Waals surface area contributed by atoms with E-state index < -0.39 is 6.09 Å². The van der Waals surface area contributed by atoms with Crippen LogP contribution in [0.15, 0.2) is 54.6 Å². The number of hydrogen-bond acceptors (Lipinski definition) is 13. The van der Waals surface area contributed by atoms with Gasteiger partial charge in [0.15, 0.2) is 0 Å². The van der Waals surface area contributed by atoms with Gasteiger partial charge in [-0.05, 0) is 29.8 Å². The van der Waals surface area contributed by atoms with Crippen LogP contribution in [0, 0.1) is 0 Å². The van der Waals surface area contributed by atoms with Crippen molar-refractivity contribution < 1.29 is 61.7 Å². The molecule has 0 aliphatic rings. The molecular formula is C36H56N2O13. The highest BCUT2D eigenvalue weighted by Crippen LogP contribution is 2.15. The van der Waals surface area contributed by atoms with E-state index in [1.54, 1.807) is 24.3 Å². The van der Waals surface area contributed by atoms with Crippen molar-refractivity contribution in [2.45, 2.75) is 13.5 Å². The van der Waals surface area contributed by atoms with Crippen LogP contribution in [-0.2, 0) is 58.8 Å². The van der Waals surface area contributed by atoms with E-state index in [2.05, 4.69) is 10.6 Å². The molecule has 15 nitrogen and oxygen atoms in total. The quantitative estimate of drug-likeness (QED) is 0.102. The zero-order chi connectivity index (χ0) is 36.3. The second-order valence-corrected chi connectivity index (χ2v) is 10.6. The average molecular weight is 725 g/mol. The molecule has 0 saturated carbocycles. The summed E-state index contributed by atoms with van der Waals surface area (Å²) in [5.74, 6) is 0.601. The number of ether oxygens (including phenoxy) is 11. The number of rotatable bonds is 34. The number of hydrogen-bond donors (Lipinski definition) is 2. The first-order valence-electron chi connectivity index (χ1n) is 17.3. The Labute approximate surface area is 301 Å². The van der Waals surface area contributed by atoms with Gasteiger partial charge in [0, 0.05) is 19.2 Å². The van der Waals surface area contributed by atoms with Crippen LogP contribution in [0.25, 0.3) is 0 Å². The van der Waals surface area contributed by atoms with Gasteiger partial charge in [-0.3, -0.25) is 4.79 Å². The van der Waals surface area contributed by atoms with E-state index in [1.807, 2.05) is 30.3 Å². The maximum Gasteiger partial charge on any atom is 0.407 e. The second kappa shape index (κ2) is 32.5. The van der Waals surface area contributed by atoms with Crippen LogP contribution in [0.2, 0.25) is 0 Å². The van der Waals surface area contributed by atoms with E-state index in [4.69, 9.17) is 52.1 Å². The standard InChI is InChI=1S/C36H56N2O13/c1-32(39)38-34-7-9-35(10-8-34)50-30-29-49-28-27-48-26-25-47-24-23-46-22-21-45-20-19-44-18-17-43-16-15-42-14-13-41-12-11-37-36(40)51-31-33-5-3-2-4-6-33/h2-10H,11-31H2,1H3,(H,37,40)(H,38,39). The van der Waals surface area contributed by atoms with Crippen LogP contribution in [0.4, 0.5) is 10.5 Å². The van der Waals surface area contributed by atoms with E-state index in [9.17, 15) is 9.59 Å². The first kappa shape index (κ1) is 43.8. The third kappa shape index (κ3) is 28.0. The first-order valence-corrected chi connectivity index (χ1v) is 17.3. The molecule has 0 bridgehead atoms. The Morgan fingerprint density at radius 1 is 0.490 bits per heavy atom. The van der Waals surface area contributed by atoms with Crippen LogP contribution in [0.3, 0.4) is 0 Å². The Balaban J connectivity index is 1.17. The lowest BCUT2D eigenvalue weighted by molar-refractivity contribution is -0.114. The third-order valence-corrected chi connectivity index (χ3v) is 6.38. The van der Waals surface area contributed by atoms with Crippen molar-refractivity contribution in [2.75, 3.05) is 137 Å². The fourth-order valence-electron chi connectivity index (χ4n) is 3.92. The number of benzene rings is 2. The van der Waals surface area contributed by atoms with E-state index >= 15 is 0 Å². The van der Waals surface area contributed by atoms with Crippen molar-refractivity contribution in [3.8, 4) is 5.75 Å². The van der Waals surface area contributed by atoms with E-state index in [1.165, 1.54) is 6.92 Å². The van der Waals surface area contributed by atoms with Crippen LogP contribution < -0.4 is 15.4 Å². The first-order chi connectivity index (χ1) is 25.1. The van der Waals surface area contributed by atoms with E-state index in [0.29, 0.717) is 138 Å². The van der Waals surface area contributed by atoms with Gasteiger partial charge in [-0.2, -0.15) is 0 Å². The second-order valence-electron chi connectivity index (χ2n) is 10.6. The molecule has 0 aromatic heterocycles. The number of amides is 2. The molecule has 2 amide bonds. The topological polar surface area (TPSA) is 160 Å². The summed E-state index contributed by atoms with van der Waals surface area (Å²) in [7, 11) is 0. The molecule has 0 heterocycles. The molecule has 15 heteroatoms. The lowest BCUT2D eigenvalue weighted by atomic mass is 10.2. The number of carbonyl (C=O) groups excluding carboxylic acids is 2. The van der Waals surface area contributed by atoms with Gasteiger partial charge in [0.1, 0.15) is 19.0 Å². The lowest BCUT2D eigenvalue weighted by Gasteiger charge is -2.09. The maximum atomic E-state index is 11.6. The molecule has 0 radical (unpaired) electrons. The Morgan fingerprint density at radius 2 is 0.882 bits per heavy atom. The summed E-state index contributed by atoms with van der Waals surface area (Å²) in [5, 5.41) is 5.35. The van der Waals surface area contributed by atoms with Crippen molar-refractivity contribution in [1.82, 2.24) is 5.32 Å². The SMILES string of the molecule is CC(=O)Nc1ccc(OCCOCCOCCOCCOCCOCCOCCOCCOCCOCCNC(=O)OCc2ccccc2)cc1. The van der Waals surface area contributed by atoms with Gasteiger partial charge in [0.05, 0.1) is 119 Å². The number of anilines is 1. The molecule has 288 valence electrons. The minimum absolute atomic E-state index is 0.111. The van der Waals surface area contributed by atoms with Gasteiger partial charge in [-0.15, -0.1) is 0 Å². The fraction of sp³-hybridized carbons (Fsp3) is 0.611. The molecule has 2 rings (SSSR count). The summed E-state index contributed by atoms with van der Waals surface area (Å²) >= 11 is 0. The highest BCUT2D eigenvalue weighted by Gasteiger charge is 2.02. The molecule has 0 saturated heterocycles. The molecule has 0 fully saturated rings. The minimum atomic E-state index is -0.473. The van der Waals surface area contributed by atoms with Crippen LogP contribution in [0.5, 0.6) is 5.75 Å². The molecule has 0 aliphatic carbocycles. The molecule has 0 aliphatic heterocycles. The molecule has 0 spiro atoms. The maximum absolute atomic E-state index is 11.6. The largest absolute Gasteiger partial charge is 0.491 e. The molecule has 0 atom stereocenters. The summed E-state index contributed by atoms with van der Waals surface area (Å²) in [6, 6.07) is 16.7. The smallest absolute Gasteiger partial charge is 0.407 e. The Morgan fingerprint density at radius 3 is 1.29 bits per heavy atom. The molecule has 0 unspecified atom stereocenters. The molecule has 2 N–H and O–H groups in total. The predicted octanol–water partition coefficient (Wildman–Crippen LogP) is 3.10. The summed E-state index contributed by atoms with van der Waals surface area (Å²) < 4.78 is 60.0. The monoisotopic (exact) mass is 724 g/mol. The highest BCUT2D eigenvalue weighted by molar-refractivity contribution is 5.88. The van der Waals surface area contributed by atoms with Gasteiger partial charge in [-0.25, -0.2) is 4.79 Å². The fourth-order valence-corrected chi connectivity index (χ4v) is 3.92. The van der Waals surface area contributed by atoms with Gasteiger partial charge in [0.2, 0.25) is 5.91 Å². The Bertz CT molecular complexity index is 1100. The Hall–Kier alpha value is -3.38. The average Bonchev–Trinajstić information content (AvgIpc) is 3.14. The van der Waals surface area contributed by atoms with Gasteiger partial charge >= 0.3 is 6.09 Å². The van der Waals surface area contributed by atoms with Crippen molar-refractivity contribution >= 4 is 17.7 Å².